The summed E-state index contributed by atoms with van der Waals surface area (Å²) < 4.78 is 39.2. The molecule has 216 valence electrons. The minimum atomic E-state index is -3.82. The molecule has 0 saturated carbocycles. The van der Waals surface area contributed by atoms with Crippen molar-refractivity contribution >= 4 is 15.7 Å². The van der Waals surface area contributed by atoms with Gasteiger partial charge in [-0.3, -0.25) is 9.71 Å². The van der Waals surface area contributed by atoms with Gasteiger partial charge in [0.1, 0.15) is 0 Å². The Balaban J connectivity index is 1.11. The minimum Gasteiger partial charge on any atom is -0.504 e. The second kappa shape index (κ2) is 13.3. The number of hydrogen-bond donors (Lipinski definition) is 4. The number of pyridine rings is 1. The Bertz CT molecular complexity index is 1690. The molecule has 0 aliphatic carbocycles. The molecular formula is C30H29N5O6S. The lowest BCUT2D eigenvalue weighted by Gasteiger charge is -2.12. The van der Waals surface area contributed by atoms with Gasteiger partial charge in [-0.1, -0.05) is 35.5 Å². The zero-order valence-corrected chi connectivity index (χ0v) is 23.2. The number of rotatable bonds is 13. The fourth-order valence-corrected chi connectivity index (χ4v) is 5.11. The molecule has 0 radical (unpaired) electrons. The van der Waals surface area contributed by atoms with Gasteiger partial charge in [0.2, 0.25) is 5.82 Å². The average molecular weight is 588 g/mol. The molecule has 0 amide bonds. The molecule has 0 fully saturated rings. The monoisotopic (exact) mass is 587 g/mol. The summed E-state index contributed by atoms with van der Waals surface area (Å²) in [5.41, 5.74) is 2.79. The number of phenolic OH excluding ortho intramolecular Hbond substituents is 1. The Labute approximate surface area is 242 Å². The molecule has 12 heteroatoms. The van der Waals surface area contributed by atoms with E-state index in [2.05, 4.69) is 25.2 Å². The molecule has 5 rings (SSSR count). The molecule has 11 nitrogen and oxygen atoms in total. The van der Waals surface area contributed by atoms with Crippen LogP contribution in [0.4, 0.5) is 5.69 Å². The summed E-state index contributed by atoms with van der Waals surface area (Å²) in [6, 6.07) is 23.4. The molecule has 0 unspecified atom stereocenters. The van der Waals surface area contributed by atoms with Gasteiger partial charge in [0.05, 0.1) is 11.0 Å². The van der Waals surface area contributed by atoms with Crippen LogP contribution in [0.2, 0.25) is 0 Å². The largest absolute Gasteiger partial charge is 0.504 e. The highest BCUT2D eigenvalue weighted by molar-refractivity contribution is 7.92. The first-order valence-corrected chi connectivity index (χ1v) is 14.6. The van der Waals surface area contributed by atoms with Gasteiger partial charge in [-0.25, -0.2) is 8.42 Å². The van der Waals surface area contributed by atoms with Crippen molar-refractivity contribution in [2.75, 3.05) is 17.8 Å². The maximum atomic E-state index is 12.9. The molecule has 0 aliphatic rings. The number of aliphatic hydroxyl groups is 1. The summed E-state index contributed by atoms with van der Waals surface area (Å²) in [4.78, 5) is 8.37. The van der Waals surface area contributed by atoms with E-state index in [4.69, 9.17) is 9.26 Å². The smallest absolute Gasteiger partial charge is 0.264 e. The Morgan fingerprint density at radius 2 is 1.74 bits per heavy atom. The van der Waals surface area contributed by atoms with E-state index in [9.17, 15) is 18.6 Å². The fraction of sp³-hybridized carbons (Fsp3) is 0.167. The van der Waals surface area contributed by atoms with Crippen molar-refractivity contribution in [2.45, 2.75) is 24.0 Å². The van der Waals surface area contributed by atoms with Crippen molar-refractivity contribution in [3.63, 3.8) is 0 Å². The third-order valence-corrected chi connectivity index (χ3v) is 7.71. The van der Waals surface area contributed by atoms with Crippen LogP contribution in [-0.2, 0) is 23.1 Å². The number of benzene rings is 3. The van der Waals surface area contributed by atoms with E-state index in [0.717, 1.165) is 11.1 Å². The zero-order valence-electron chi connectivity index (χ0n) is 22.4. The van der Waals surface area contributed by atoms with Crippen molar-refractivity contribution in [3.05, 3.63) is 114 Å². The highest BCUT2D eigenvalue weighted by atomic mass is 32.2. The number of ether oxygens (including phenoxy) is 1. The highest BCUT2D eigenvalue weighted by Crippen LogP contribution is 2.26. The number of aromatic nitrogens is 3. The molecular weight excluding hydrogens is 558 g/mol. The fourth-order valence-electron chi connectivity index (χ4n) is 4.05. The molecule has 1 atom stereocenters. The predicted molar refractivity (Wildman–Crippen MR) is 155 cm³/mol. The highest BCUT2D eigenvalue weighted by Gasteiger charge is 2.16. The van der Waals surface area contributed by atoms with Gasteiger partial charge in [-0.15, -0.1) is 0 Å². The van der Waals surface area contributed by atoms with Crippen LogP contribution in [0.15, 0.2) is 107 Å². The number of para-hydroxylation sites is 2. The van der Waals surface area contributed by atoms with Crippen LogP contribution in [0, 0.1) is 0 Å². The first-order chi connectivity index (χ1) is 20.4. The van der Waals surface area contributed by atoms with Crippen LogP contribution in [-0.4, -0.2) is 46.8 Å². The van der Waals surface area contributed by atoms with Crippen LogP contribution in [0.25, 0.3) is 11.4 Å². The molecule has 0 saturated heterocycles. The van der Waals surface area contributed by atoms with Gasteiger partial charge in [0.15, 0.2) is 18.1 Å². The SMILES string of the molecule is O=S(=O)(Nc1ccc(CCNC[C@H](O)c2cccnc2)cc1)c1ccc(-c2noc(COc3ccccc3O)n2)cc1. The lowest BCUT2D eigenvalue weighted by molar-refractivity contribution is 0.174. The summed E-state index contributed by atoms with van der Waals surface area (Å²) in [5, 5.41) is 27.1. The quantitative estimate of drug-likeness (QED) is 0.148. The van der Waals surface area contributed by atoms with Gasteiger partial charge in [-0.05, 0) is 73.1 Å². The lowest BCUT2D eigenvalue weighted by atomic mass is 10.1. The number of phenols is 1. The molecule has 0 spiro atoms. The van der Waals surface area contributed by atoms with Crippen molar-refractivity contribution in [1.82, 2.24) is 20.4 Å². The van der Waals surface area contributed by atoms with E-state index < -0.39 is 16.1 Å². The predicted octanol–water partition coefficient (Wildman–Crippen LogP) is 4.08. The number of aromatic hydroxyl groups is 1. The normalized spacial score (nSPS) is 12.1. The molecule has 5 aromatic rings. The van der Waals surface area contributed by atoms with E-state index in [-0.39, 0.29) is 29.0 Å². The summed E-state index contributed by atoms with van der Waals surface area (Å²) >= 11 is 0. The van der Waals surface area contributed by atoms with E-state index >= 15 is 0 Å². The molecule has 0 aliphatic heterocycles. The van der Waals surface area contributed by atoms with Crippen LogP contribution >= 0.6 is 0 Å². The molecule has 2 heterocycles. The topological polar surface area (TPSA) is 160 Å². The first kappa shape index (κ1) is 28.7. The Morgan fingerprint density at radius 1 is 0.952 bits per heavy atom. The third kappa shape index (κ3) is 7.49. The molecule has 4 N–H and O–H groups in total. The number of sulfonamides is 1. The van der Waals surface area contributed by atoms with Gasteiger partial charge in [-0.2, -0.15) is 4.98 Å². The number of hydrogen-bond acceptors (Lipinski definition) is 10. The summed E-state index contributed by atoms with van der Waals surface area (Å²) in [7, 11) is -3.82. The van der Waals surface area contributed by atoms with E-state index in [1.54, 1.807) is 60.9 Å². The number of nitrogens with one attached hydrogen (secondary N) is 2. The minimum absolute atomic E-state index is 0.000779. The van der Waals surface area contributed by atoms with Gasteiger partial charge >= 0.3 is 0 Å². The Morgan fingerprint density at radius 3 is 2.48 bits per heavy atom. The van der Waals surface area contributed by atoms with Crippen molar-refractivity contribution in [2.24, 2.45) is 0 Å². The van der Waals surface area contributed by atoms with Crippen molar-refractivity contribution in [3.8, 4) is 22.9 Å². The van der Waals surface area contributed by atoms with Crippen molar-refractivity contribution in [1.29, 1.82) is 0 Å². The summed E-state index contributed by atoms with van der Waals surface area (Å²) in [6.45, 7) is 1.02. The maximum Gasteiger partial charge on any atom is 0.264 e. The maximum absolute atomic E-state index is 12.9. The first-order valence-electron chi connectivity index (χ1n) is 13.1. The van der Waals surface area contributed by atoms with E-state index in [0.29, 0.717) is 36.5 Å². The second-order valence-corrected chi connectivity index (χ2v) is 11.0. The van der Waals surface area contributed by atoms with Gasteiger partial charge in [0.25, 0.3) is 15.9 Å². The average Bonchev–Trinajstić information content (AvgIpc) is 3.49. The van der Waals surface area contributed by atoms with E-state index in [1.165, 1.54) is 18.2 Å². The molecule has 0 bridgehead atoms. The van der Waals surface area contributed by atoms with Crippen LogP contribution < -0.4 is 14.8 Å². The van der Waals surface area contributed by atoms with Crippen LogP contribution in [0.5, 0.6) is 11.5 Å². The zero-order chi connectivity index (χ0) is 29.4. The van der Waals surface area contributed by atoms with Crippen molar-refractivity contribution < 1.29 is 27.9 Å². The van der Waals surface area contributed by atoms with Crippen LogP contribution in [0.1, 0.15) is 23.1 Å². The Hall–Kier alpha value is -4.78. The number of nitrogens with zero attached hydrogens (tertiary/aromatic N) is 3. The summed E-state index contributed by atoms with van der Waals surface area (Å²) in [5.74, 6) is 0.771. The van der Waals surface area contributed by atoms with E-state index in [1.807, 2.05) is 18.2 Å². The van der Waals surface area contributed by atoms with Crippen LogP contribution in [0.3, 0.4) is 0 Å². The lowest BCUT2D eigenvalue weighted by Crippen LogP contribution is -2.23. The number of anilines is 1. The molecule has 3 aromatic carbocycles. The third-order valence-electron chi connectivity index (χ3n) is 6.31. The summed E-state index contributed by atoms with van der Waals surface area (Å²) in [6.07, 6.45) is 3.38. The van der Waals surface area contributed by atoms with Gasteiger partial charge in [0, 0.05) is 35.8 Å². The molecule has 42 heavy (non-hydrogen) atoms. The second-order valence-electron chi connectivity index (χ2n) is 9.35. The number of aliphatic hydroxyl groups excluding tert-OH is 1. The van der Waals surface area contributed by atoms with Gasteiger partial charge < -0.3 is 24.8 Å². The Kier molecular flexibility index (Phi) is 9.07. The molecule has 2 aromatic heterocycles. The standard InChI is InChI=1S/C30H29N5O6S/c36-26-5-1-2-6-28(26)40-20-29-33-30(34-41-29)22-9-13-25(14-10-22)42(38,39)35-24-11-7-21(8-12-24)15-17-32-19-27(37)23-4-3-16-31-18-23/h1-14,16,18,27,32,35-37H,15,17,19-20H2/t27-/m0/s1.